The van der Waals surface area contributed by atoms with Crippen molar-refractivity contribution in [1.29, 1.82) is 0 Å². The molecule has 2 unspecified atom stereocenters. The van der Waals surface area contributed by atoms with Crippen LogP contribution in [0.2, 0.25) is 0 Å². The Hall–Kier alpha value is 1.84. The van der Waals surface area contributed by atoms with Crippen LogP contribution in [0.25, 0.3) is 0 Å². The fourth-order valence-electron chi connectivity index (χ4n) is 0.329. The molecule has 0 aromatic heterocycles. The zero-order valence-corrected chi connectivity index (χ0v) is 20.6. The third kappa shape index (κ3) is 13.0. The molecule has 0 heterocycles. The van der Waals surface area contributed by atoms with Crippen LogP contribution < -0.4 is 9.79 Å². The fraction of sp³-hybridized carbons (Fsp3) is 1.00. The van der Waals surface area contributed by atoms with Gasteiger partial charge < -0.3 is 80.4 Å². The van der Waals surface area contributed by atoms with E-state index in [9.17, 15) is 28.0 Å². The van der Waals surface area contributed by atoms with Crippen molar-refractivity contribution in [3.05, 3.63) is 0 Å². The predicted octanol–water partition coefficient (Wildman–Crippen LogP) is -6.93. The van der Waals surface area contributed by atoms with Crippen molar-refractivity contribution >= 4 is 75.9 Å². The van der Waals surface area contributed by atoms with Gasteiger partial charge in [0.05, 0.1) is 0 Å². The van der Waals surface area contributed by atoms with Gasteiger partial charge in [0.25, 0.3) is 0 Å². The van der Waals surface area contributed by atoms with Crippen LogP contribution in [0, 0.1) is 0 Å². The summed E-state index contributed by atoms with van der Waals surface area (Å²) in [5.74, 6) is 0. The topological polar surface area (TPSA) is 402 Å². The van der Waals surface area contributed by atoms with Gasteiger partial charge in [-0.25, -0.2) is 0 Å². The Morgan fingerprint density at radius 3 is 0.704 bits per heavy atom. The second kappa shape index (κ2) is 14.0. The molecule has 0 radical (unpaired) electrons. The van der Waals surface area contributed by atoms with Gasteiger partial charge in [0.2, 0.25) is 10.2 Å². The predicted molar refractivity (Wildman–Crippen MR) is 85.2 cm³/mol. The molecule has 0 bridgehead atoms. The van der Waals surface area contributed by atoms with Gasteiger partial charge >= 0.3 is 60.7 Å². The van der Waals surface area contributed by atoms with E-state index in [4.69, 9.17) is 39.6 Å². The van der Waals surface area contributed by atoms with Crippen molar-refractivity contribution in [3.8, 4) is 0 Å². The van der Waals surface area contributed by atoms with E-state index < -0.39 is 40.5 Å². The third-order valence-corrected chi connectivity index (χ3v) is 9.60. The second-order valence-electron chi connectivity index (χ2n) is 4.07. The summed E-state index contributed by atoms with van der Waals surface area (Å²) in [4.78, 5) is 69.4. The van der Waals surface area contributed by atoms with Crippen LogP contribution in [0.15, 0.2) is 0 Å². The minimum Gasteiger partial charge on any atom is -0.776 e. The molecule has 0 saturated carbocycles. The summed E-state index contributed by atoms with van der Waals surface area (Å²) in [7, 11) is -21.4. The molecular weight excluding hydrogens is 548 g/mol. The Labute approximate surface area is 188 Å². The molecule has 0 spiro atoms. The van der Waals surface area contributed by atoms with E-state index in [-0.39, 0.29) is 67.4 Å². The van der Waals surface area contributed by atoms with Crippen molar-refractivity contribution in [2.24, 2.45) is 0 Å². The van der Waals surface area contributed by atoms with Gasteiger partial charge in [0.1, 0.15) is 0 Å². The first-order valence-electron chi connectivity index (χ1n) is 4.64. The Morgan fingerprint density at radius 2 is 0.704 bits per heavy atom. The molecule has 0 fully saturated rings. The van der Waals surface area contributed by atoms with Gasteiger partial charge in [-0.3, -0.25) is 9.13 Å². The Kier molecular flexibility index (Phi) is 24.3. The van der Waals surface area contributed by atoms with Gasteiger partial charge in [-0.1, -0.05) is 0 Å². The van der Waals surface area contributed by atoms with Crippen LogP contribution in [0.5, 0.6) is 0 Å². The second-order valence-corrected chi connectivity index (χ2v) is 12.5. The maximum Gasteiger partial charge on any atom is 2.00 e. The van der Waals surface area contributed by atoms with Crippen LogP contribution >= 0.6 is 30.4 Å². The van der Waals surface area contributed by atoms with E-state index >= 15 is 0 Å². The van der Waals surface area contributed by atoms with Crippen LogP contribution in [0.3, 0.4) is 0 Å². The molecule has 4 atom stereocenters. The first-order valence-corrected chi connectivity index (χ1v) is 11.0. The van der Waals surface area contributed by atoms with Crippen LogP contribution in [-0.4, -0.2) is 117 Å². The molecule has 0 saturated heterocycles. The minimum atomic E-state index is -5.45. The van der Waals surface area contributed by atoms with Gasteiger partial charge in [-0.05, 0) is 13.8 Å². The molecule has 168 valence electrons. The molecule has 23 heteroatoms. The standard InChI is InChI=1S/2C2H8O7P2.4H2O.Sr/c2*1-2(3,10(4,5)6)11(7,8)9;;;;;/h2*3H,1H3,(H2,4,5,6)(H2,7,8,9);4*1H2;/q;;;;;;+2/p-2. The number of aliphatic hydroxyl groups is 2. The summed E-state index contributed by atoms with van der Waals surface area (Å²) >= 11 is 0. The number of hydrogen-bond acceptors (Lipinski definition) is 8. The van der Waals surface area contributed by atoms with Crippen molar-refractivity contribution < 1.29 is 89.5 Å². The van der Waals surface area contributed by atoms with E-state index in [1.54, 1.807) is 0 Å². The Morgan fingerprint density at radius 1 is 0.593 bits per heavy atom. The minimum absolute atomic E-state index is 0. The SMILES string of the molecule is C[C@](O)(P(=O)([O-])O)P(=O)(O)O.C[C@](O)(P(=O)([O-])O)P(=O)(O)O.O.O.O.O.[Sr+2]. The van der Waals surface area contributed by atoms with Crippen molar-refractivity contribution in [1.82, 2.24) is 0 Å². The average molecular weight is 570 g/mol. The molecule has 16 N–H and O–H groups in total. The van der Waals surface area contributed by atoms with Gasteiger partial charge in [0, 0.05) is 0 Å². The molecule has 0 aromatic carbocycles. The Balaban J connectivity index is -0.0000000500. The molecule has 0 aliphatic carbocycles. The quantitative estimate of drug-likeness (QED) is 0.115. The summed E-state index contributed by atoms with van der Waals surface area (Å²) in [6.45, 7) is 0.642. The summed E-state index contributed by atoms with van der Waals surface area (Å²) in [6.07, 6.45) is 0. The molecule has 0 rings (SSSR count). The smallest absolute Gasteiger partial charge is 0.776 e. The molecule has 0 aliphatic heterocycles. The average Bonchev–Trinajstić information content (AvgIpc) is 2.10. The summed E-state index contributed by atoms with van der Waals surface area (Å²) in [5.41, 5.74) is 0. The summed E-state index contributed by atoms with van der Waals surface area (Å²) in [6, 6.07) is 0. The van der Waals surface area contributed by atoms with Crippen LogP contribution in [-0.2, 0) is 18.3 Å². The summed E-state index contributed by atoms with van der Waals surface area (Å²) < 4.78 is 40.7. The Bertz CT molecular complexity index is 474. The fourth-order valence-corrected chi connectivity index (χ4v) is 2.96. The molecule has 18 nitrogen and oxygen atoms in total. The van der Waals surface area contributed by atoms with Gasteiger partial charge in [-0.15, -0.1) is 0 Å². The largest absolute Gasteiger partial charge is 2.00 e. The van der Waals surface area contributed by atoms with E-state index in [1.165, 1.54) is 0 Å². The molecule has 0 aliphatic rings. The van der Waals surface area contributed by atoms with Crippen molar-refractivity contribution in [2.45, 2.75) is 24.0 Å². The van der Waals surface area contributed by atoms with Crippen LogP contribution in [0.4, 0.5) is 0 Å². The number of hydrogen-bond donors (Lipinski definition) is 8. The first kappa shape index (κ1) is 46.9. The zero-order chi connectivity index (χ0) is 19.0. The molecule has 0 aromatic rings. The monoisotopic (exact) mass is 570 g/mol. The van der Waals surface area contributed by atoms with Gasteiger partial charge in [0.15, 0.2) is 15.2 Å². The van der Waals surface area contributed by atoms with Crippen molar-refractivity contribution in [3.63, 3.8) is 0 Å². The first-order chi connectivity index (χ1) is 9.00. The zero-order valence-electron chi connectivity index (χ0n) is 13.5. The number of rotatable bonds is 4. The van der Waals surface area contributed by atoms with E-state index in [1.807, 2.05) is 0 Å². The van der Waals surface area contributed by atoms with E-state index in [0.717, 1.165) is 0 Å². The van der Waals surface area contributed by atoms with Crippen molar-refractivity contribution in [2.75, 3.05) is 0 Å². The normalized spacial score (nSPS) is 19.4. The summed E-state index contributed by atoms with van der Waals surface area (Å²) in [5, 5.41) is 10.4. The van der Waals surface area contributed by atoms with E-state index in [2.05, 4.69) is 0 Å². The maximum absolute atomic E-state index is 10.2. The molecule has 0 amide bonds. The van der Waals surface area contributed by atoms with Gasteiger partial charge in [-0.2, -0.15) is 0 Å². The maximum atomic E-state index is 10.2. The third-order valence-electron chi connectivity index (χ3n) is 2.17. The molecule has 27 heavy (non-hydrogen) atoms. The molecular formula is C4H22O18P4Sr. The van der Waals surface area contributed by atoms with Crippen LogP contribution in [0.1, 0.15) is 13.8 Å². The van der Waals surface area contributed by atoms with E-state index in [0.29, 0.717) is 13.8 Å².